The SMILES string of the molecule is Cn1cc(-c2ccc3cnc(CC(=O)C4CCC(CO)CC4)cc3c2)cn1. The van der Waals surface area contributed by atoms with Crippen LogP contribution in [0.3, 0.4) is 0 Å². The van der Waals surface area contributed by atoms with Crippen LogP contribution in [0.15, 0.2) is 42.9 Å². The molecule has 0 atom stereocenters. The summed E-state index contributed by atoms with van der Waals surface area (Å²) >= 11 is 0. The number of hydrogen-bond donors (Lipinski definition) is 1. The molecule has 1 aromatic carbocycles. The highest BCUT2D eigenvalue weighted by Crippen LogP contribution is 2.30. The zero-order valence-electron chi connectivity index (χ0n) is 15.6. The van der Waals surface area contributed by atoms with Gasteiger partial charge in [-0.3, -0.25) is 14.5 Å². The molecule has 5 heteroatoms. The Kier molecular flexibility index (Phi) is 5.03. The van der Waals surface area contributed by atoms with Crippen molar-refractivity contribution in [1.82, 2.24) is 14.8 Å². The van der Waals surface area contributed by atoms with Crippen LogP contribution in [0.25, 0.3) is 21.9 Å². The summed E-state index contributed by atoms with van der Waals surface area (Å²) in [6.07, 6.45) is 9.78. The fourth-order valence-corrected chi connectivity index (χ4v) is 4.02. The van der Waals surface area contributed by atoms with E-state index in [0.717, 1.165) is 53.3 Å². The standard InChI is InChI=1S/C22H25N3O2/c1-25-13-20(12-24-25)17-6-7-18-11-23-21(9-19(18)8-17)10-22(27)16-4-2-15(14-26)3-5-16/h6-9,11-13,15-16,26H,2-5,10,14H2,1H3. The third-order valence-electron chi connectivity index (χ3n) is 5.73. The highest BCUT2D eigenvalue weighted by molar-refractivity contribution is 5.88. The van der Waals surface area contributed by atoms with Crippen LogP contribution >= 0.6 is 0 Å². The topological polar surface area (TPSA) is 68.0 Å². The van der Waals surface area contributed by atoms with E-state index in [9.17, 15) is 9.90 Å². The van der Waals surface area contributed by atoms with Crippen molar-refractivity contribution in [2.45, 2.75) is 32.1 Å². The predicted octanol–water partition coefficient (Wildman–Crippen LogP) is 3.55. The van der Waals surface area contributed by atoms with E-state index in [2.05, 4.69) is 28.3 Å². The van der Waals surface area contributed by atoms with Crippen molar-refractivity contribution in [2.75, 3.05) is 6.61 Å². The highest BCUT2D eigenvalue weighted by Gasteiger charge is 2.26. The predicted molar refractivity (Wildman–Crippen MR) is 105 cm³/mol. The molecule has 27 heavy (non-hydrogen) atoms. The second-order valence-electron chi connectivity index (χ2n) is 7.68. The molecule has 1 N–H and O–H groups in total. The average molecular weight is 363 g/mol. The zero-order valence-corrected chi connectivity index (χ0v) is 15.6. The number of benzene rings is 1. The van der Waals surface area contributed by atoms with Crippen molar-refractivity contribution in [3.05, 3.63) is 48.5 Å². The number of pyridine rings is 1. The first-order valence-electron chi connectivity index (χ1n) is 9.63. The van der Waals surface area contributed by atoms with Crippen LogP contribution in [0.1, 0.15) is 31.4 Å². The Balaban J connectivity index is 1.51. The summed E-state index contributed by atoms with van der Waals surface area (Å²) in [6.45, 7) is 0.242. The first kappa shape index (κ1) is 17.9. The second kappa shape index (κ2) is 7.61. The number of aliphatic hydroxyl groups is 1. The Morgan fingerprint density at radius 1 is 1.11 bits per heavy atom. The lowest BCUT2D eigenvalue weighted by Gasteiger charge is -2.26. The molecule has 1 saturated carbocycles. The Morgan fingerprint density at radius 2 is 1.93 bits per heavy atom. The number of nitrogens with zero attached hydrogens (tertiary/aromatic N) is 3. The molecular weight excluding hydrogens is 338 g/mol. The number of carbonyl (C=O) groups excluding carboxylic acids is 1. The number of fused-ring (bicyclic) bond motifs is 1. The van der Waals surface area contributed by atoms with Gasteiger partial charge in [0.1, 0.15) is 5.78 Å². The fourth-order valence-electron chi connectivity index (χ4n) is 4.02. The molecule has 0 radical (unpaired) electrons. The molecule has 1 aliphatic rings. The molecule has 140 valence electrons. The number of carbonyl (C=O) groups is 1. The minimum absolute atomic E-state index is 0.118. The van der Waals surface area contributed by atoms with E-state index in [1.54, 1.807) is 4.68 Å². The fraction of sp³-hybridized carbons (Fsp3) is 0.409. The summed E-state index contributed by atoms with van der Waals surface area (Å²) in [5.41, 5.74) is 3.02. The summed E-state index contributed by atoms with van der Waals surface area (Å²) in [6, 6.07) is 8.30. The van der Waals surface area contributed by atoms with Crippen molar-refractivity contribution in [2.24, 2.45) is 18.9 Å². The van der Waals surface area contributed by atoms with Crippen LogP contribution in [-0.2, 0) is 18.3 Å². The molecule has 2 aromatic heterocycles. The second-order valence-corrected chi connectivity index (χ2v) is 7.68. The average Bonchev–Trinajstić information content (AvgIpc) is 3.14. The quantitative estimate of drug-likeness (QED) is 0.753. The van der Waals surface area contributed by atoms with Gasteiger partial charge in [0, 0.05) is 55.0 Å². The number of aromatic nitrogens is 3. The van der Waals surface area contributed by atoms with Gasteiger partial charge in [0.2, 0.25) is 0 Å². The number of rotatable bonds is 5. The molecule has 0 amide bonds. The van der Waals surface area contributed by atoms with E-state index in [0.29, 0.717) is 12.3 Å². The van der Waals surface area contributed by atoms with E-state index >= 15 is 0 Å². The third kappa shape index (κ3) is 3.93. The molecule has 0 aliphatic heterocycles. The van der Waals surface area contributed by atoms with Gasteiger partial charge in [-0.2, -0.15) is 5.10 Å². The minimum Gasteiger partial charge on any atom is -0.396 e. The van der Waals surface area contributed by atoms with Crippen molar-refractivity contribution in [3.8, 4) is 11.1 Å². The number of aryl methyl sites for hydroxylation is 1. The van der Waals surface area contributed by atoms with E-state index in [-0.39, 0.29) is 18.3 Å². The van der Waals surface area contributed by atoms with Crippen LogP contribution in [-0.4, -0.2) is 32.3 Å². The van der Waals surface area contributed by atoms with E-state index in [1.807, 2.05) is 31.7 Å². The third-order valence-corrected chi connectivity index (χ3v) is 5.73. The molecule has 1 aliphatic carbocycles. The van der Waals surface area contributed by atoms with Gasteiger partial charge in [0.15, 0.2) is 0 Å². The normalized spacial score (nSPS) is 20.1. The zero-order chi connectivity index (χ0) is 18.8. The van der Waals surface area contributed by atoms with Crippen molar-refractivity contribution in [3.63, 3.8) is 0 Å². The molecule has 0 spiro atoms. The van der Waals surface area contributed by atoms with Gasteiger partial charge in [-0.25, -0.2) is 0 Å². The van der Waals surface area contributed by atoms with Gasteiger partial charge < -0.3 is 5.11 Å². The molecule has 0 unspecified atom stereocenters. The first-order valence-corrected chi connectivity index (χ1v) is 9.63. The van der Waals surface area contributed by atoms with E-state index in [1.165, 1.54) is 0 Å². The van der Waals surface area contributed by atoms with Crippen LogP contribution in [0.2, 0.25) is 0 Å². The van der Waals surface area contributed by atoms with Crippen LogP contribution < -0.4 is 0 Å². The van der Waals surface area contributed by atoms with Crippen molar-refractivity contribution >= 4 is 16.6 Å². The maximum Gasteiger partial charge on any atom is 0.141 e. The lowest BCUT2D eigenvalue weighted by atomic mass is 9.79. The smallest absolute Gasteiger partial charge is 0.141 e. The Bertz CT molecular complexity index is 955. The number of hydrogen-bond acceptors (Lipinski definition) is 4. The Labute approximate surface area is 159 Å². The van der Waals surface area contributed by atoms with Crippen molar-refractivity contribution < 1.29 is 9.90 Å². The highest BCUT2D eigenvalue weighted by atomic mass is 16.3. The lowest BCUT2D eigenvalue weighted by molar-refractivity contribution is -0.123. The maximum absolute atomic E-state index is 12.7. The van der Waals surface area contributed by atoms with E-state index in [4.69, 9.17) is 0 Å². The lowest BCUT2D eigenvalue weighted by Crippen LogP contribution is -2.24. The number of Topliss-reactive ketones (excluding diaryl/α,β-unsaturated/α-hetero) is 1. The molecule has 2 heterocycles. The molecular formula is C22H25N3O2. The van der Waals surface area contributed by atoms with E-state index < -0.39 is 0 Å². The molecule has 5 nitrogen and oxygen atoms in total. The first-order chi connectivity index (χ1) is 13.1. The summed E-state index contributed by atoms with van der Waals surface area (Å²) in [5.74, 6) is 0.771. The van der Waals surface area contributed by atoms with Gasteiger partial charge >= 0.3 is 0 Å². The summed E-state index contributed by atoms with van der Waals surface area (Å²) in [5, 5.41) is 15.7. The van der Waals surface area contributed by atoms with Gasteiger partial charge in [0.05, 0.1) is 6.20 Å². The largest absolute Gasteiger partial charge is 0.396 e. The minimum atomic E-state index is 0.118. The Hall–Kier alpha value is -2.53. The van der Waals surface area contributed by atoms with Gasteiger partial charge in [-0.1, -0.05) is 12.1 Å². The molecule has 4 rings (SSSR count). The molecule has 0 bridgehead atoms. The van der Waals surface area contributed by atoms with Crippen LogP contribution in [0.4, 0.5) is 0 Å². The number of aliphatic hydroxyl groups excluding tert-OH is 1. The van der Waals surface area contributed by atoms with Crippen LogP contribution in [0, 0.1) is 11.8 Å². The Morgan fingerprint density at radius 3 is 2.63 bits per heavy atom. The van der Waals surface area contributed by atoms with Crippen molar-refractivity contribution in [1.29, 1.82) is 0 Å². The van der Waals surface area contributed by atoms with Gasteiger partial charge in [-0.15, -0.1) is 0 Å². The number of ketones is 1. The molecule has 0 saturated heterocycles. The maximum atomic E-state index is 12.7. The summed E-state index contributed by atoms with van der Waals surface area (Å²) in [4.78, 5) is 17.2. The summed E-state index contributed by atoms with van der Waals surface area (Å²) in [7, 11) is 1.91. The molecule has 1 fully saturated rings. The van der Waals surface area contributed by atoms with Gasteiger partial charge in [-0.05, 0) is 54.7 Å². The van der Waals surface area contributed by atoms with Gasteiger partial charge in [0.25, 0.3) is 0 Å². The molecule has 3 aromatic rings. The van der Waals surface area contributed by atoms with Crippen LogP contribution in [0.5, 0.6) is 0 Å². The summed E-state index contributed by atoms with van der Waals surface area (Å²) < 4.78 is 1.79. The monoisotopic (exact) mass is 363 g/mol.